The average Bonchev–Trinajstić information content (AvgIpc) is 2.86. The van der Waals surface area contributed by atoms with Gasteiger partial charge in [-0.3, -0.25) is 9.48 Å². The summed E-state index contributed by atoms with van der Waals surface area (Å²) in [5, 5.41) is 4.08. The smallest absolute Gasteiger partial charge is 0.295 e. The van der Waals surface area contributed by atoms with Gasteiger partial charge in [-0.2, -0.15) is 0 Å². The topological polar surface area (TPSA) is 64.7 Å². The first-order valence-corrected chi connectivity index (χ1v) is 7.97. The first-order valence-electron chi connectivity index (χ1n) is 7.97. The van der Waals surface area contributed by atoms with Gasteiger partial charge in [-0.25, -0.2) is 14.6 Å². The lowest BCUT2D eigenvalue weighted by Crippen LogP contribution is -2.20. The summed E-state index contributed by atoms with van der Waals surface area (Å²) in [7, 11) is 1.87. The third-order valence-electron chi connectivity index (χ3n) is 4.34. The monoisotopic (exact) mass is 367 g/mol. The highest BCUT2D eigenvalue weighted by atomic mass is 35.5. The molecule has 6 nitrogen and oxygen atoms in total. The molecule has 1 N–H and O–H groups in total. The molecular weight excluding hydrogens is 350 g/mol. The van der Waals surface area contributed by atoms with Crippen LogP contribution in [0.1, 0.15) is 5.69 Å². The number of hydrogen-bond donors (Lipinski definition) is 1. The van der Waals surface area contributed by atoms with Crippen LogP contribution in [0.2, 0.25) is 0 Å². The van der Waals surface area contributed by atoms with E-state index in [0.29, 0.717) is 11.5 Å². The molecule has 0 saturated carbocycles. The summed E-state index contributed by atoms with van der Waals surface area (Å²) in [6.07, 6.45) is 1.50. The fraction of sp³-hybridized carbons (Fsp3) is 0.105. The van der Waals surface area contributed by atoms with Crippen LogP contribution in [-0.2, 0) is 7.05 Å². The number of nitrogens with one attached hydrogen (secondary N) is 1. The zero-order valence-electron chi connectivity index (χ0n) is 14.4. The van der Waals surface area contributed by atoms with Crippen LogP contribution in [0.15, 0.2) is 65.7 Å². The lowest BCUT2D eigenvalue weighted by Gasteiger charge is -2.07. The predicted octanol–water partition coefficient (Wildman–Crippen LogP) is 3.59. The molecule has 4 rings (SSSR count). The number of benzene rings is 2. The maximum atomic E-state index is 13.0. The van der Waals surface area contributed by atoms with E-state index in [1.54, 1.807) is 4.68 Å². The molecule has 2 heterocycles. The van der Waals surface area contributed by atoms with Gasteiger partial charge in [-0.05, 0) is 31.2 Å². The van der Waals surface area contributed by atoms with E-state index in [2.05, 4.69) is 15.3 Å². The molecule has 4 aromatic rings. The SMILES string of the molecule is Cc1c(Nc2ncnc3ccccc23)c(=O)n(-c2ccccc2)n1C.Cl. The Morgan fingerprint density at radius 3 is 2.42 bits per heavy atom. The van der Waals surface area contributed by atoms with Gasteiger partial charge in [0.1, 0.15) is 17.8 Å². The minimum Gasteiger partial charge on any atom is -0.334 e. The Morgan fingerprint density at radius 1 is 0.962 bits per heavy atom. The number of halogens is 1. The van der Waals surface area contributed by atoms with Gasteiger partial charge in [0.25, 0.3) is 5.56 Å². The van der Waals surface area contributed by atoms with E-state index in [9.17, 15) is 4.79 Å². The van der Waals surface area contributed by atoms with Crippen LogP contribution < -0.4 is 10.9 Å². The van der Waals surface area contributed by atoms with Gasteiger partial charge in [0.2, 0.25) is 0 Å². The van der Waals surface area contributed by atoms with Crippen LogP contribution in [-0.4, -0.2) is 19.3 Å². The molecule has 0 radical (unpaired) electrons. The van der Waals surface area contributed by atoms with Crippen molar-refractivity contribution in [2.45, 2.75) is 6.92 Å². The van der Waals surface area contributed by atoms with Gasteiger partial charge in [-0.1, -0.05) is 30.3 Å². The Balaban J connectivity index is 0.00000196. The third kappa shape index (κ3) is 2.84. The van der Waals surface area contributed by atoms with E-state index >= 15 is 0 Å². The molecule has 0 bridgehead atoms. The van der Waals surface area contributed by atoms with Crippen LogP contribution in [0.5, 0.6) is 0 Å². The second kappa shape index (κ2) is 7.01. The first-order chi connectivity index (χ1) is 12.2. The number of rotatable bonds is 3. The highest BCUT2D eigenvalue weighted by molar-refractivity contribution is 5.90. The summed E-state index contributed by atoms with van der Waals surface area (Å²) in [4.78, 5) is 21.6. The van der Waals surface area contributed by atoms with Crippen molar-refractivity contribution < 1.29 is 0 Å². The van der Waals surface area contributed by atoms with Crippen molar-refractivity contribution in [3.63, 3.8) is 0 Å². The molecule has 0 spiro atoms. The molecule has 0 aliphatic heterocycles. The van der Waals surface area contributed by atoms with Gasteiger partial charge >= 0.3 is 0 Å². The van der Waals surface area contributed by atoms with E-state index < -0.39 is 0 Å². The molecule has 2 aromatic carbocycles. The van der Waals surface area contributed by atoms with Crippen molar-refractivity contribution in [2.75, 3.05) is 5.32 Å². The van der Waals surface area contributed by atoms with Crippen molar-refractivity contribution >= 4 is 34.8 Å². The van der Waals surface area contributed by atoms with Crippen molar-refractivity contribution in [3.8, 4) is 5.69 Å². The van der Waals surface area contributed by atoms with Crippen molar-refractivity contribution in [1.82, 2.24) is 19.3 Å². The van der Waals surface area contributed by atoms with E-state index in [4.69, 9.17) is 0 Å². The summed E-state index contributed by atoms with van der Waals surface area (Å²) in [6.45, 7) is 1.91. The number of anilines is 2. The molecule has 0 aliphatic carbocycles. The molecule has 0 unspecified atom stereocenters. The minimum absolute atomic E-state index is 0. The van der Waals surface area contributed by atoms with Crippen molar-refractivity contribution in [3.05, 3.63) is 77.0 Å². The second-order valence-electron chi connectivity index (χ2n) is 5.80. The van der Waals surface area contributed by atoms with Crippen LogP contribution in [0, 0.1) is 6.92 Å². The summed E-state index contributed by atoms with van der Waals surface area (Å²) < 4.78 is 3.48. The van der Waals surface area contributed by atoms with Gasteiger partial charge < -0.3 is 5.32 Å². The van der Waals surface area contributed by atoms with Crippen molar-refractivity contribution in [2.24, 2.45) is 7.05 Å². The first kappa shape index (κ1) is 17.7. The normalized spacial score (nSPS) is 10.5. The van der Waals surface area contributed by atoms with E-state index in [0.717, 1.165) is 22.3 Å². The number of nitrogens with zero attached hydrogens (tertiary/aromatic N) is 4. The Morgan fingerprint density at radius 2 is 1.65 bits per heavy atom. The Labute approximate surface area is 156 Å². The summed E-state index contributed by atoms with van der Waals surface area (Å²) in [6, 6.07) is 17.3. The summed E-state index contributed by atoms with van der Waals surface area (Å²) in [5.41, 5.74) is 2.87. The molecule has 0 fully saturated rings. The van der Waals surface area contributed by atoms with Crippen LogP contribution in [0.4, 0.5) is 11.5 Å². The molecule has 132 valence electrons. The molecule has 7 heteroatoms. The van der Waals surface area contributed by atoms with E-state index in [1.165, 1.54) is 6.33 Å². The van der Waals surface area contributed by atoms with Gasteiger partial charge in [0.15, 0.2) is 0 Å². The quantitative estimate of drug-likeness (QED) is 0.601. The molecule has 0 aliphatic rings. The minimum atomic E-state index is -0.117. The highest BCUT2D eigenvalue weighted by Crippen LogP contribution is 2.23. The maximum absolute atomic E-state index is 13.0. The lowest BCUT2D eigenvalue weighted by molar-refractivity contribution is 0.630. The van der Waals surface area contributed by atoms with E-state index in [-0.39, 0.29) is 18.0 Å². The number of hydrogen-bond acceptors (Lipinski definition) is 4. The zero-order valence-corrected chi connectivity index (χ0v) is 15.2. The van der Waals surface area contributed by atoms with Crippen LogP contribution >= 0.6 is 12.4 Å². The Kier molecular flexibility index (Phi) is 4.77. The van der Waals surface area contributed by atoms with E-state index in [1.807, 2.05) is 73.3 Å². The van der Waals surface area contributed by atoms with Gasteiger partial charge in [0, 0.05) is 12.4 Å². The third-order valence-corrected chi connectivity index (χ3v) is 4.34. The fourth-order valence-electron chi connectivity index (χ4n) is 2.94. The fourth-order valence-corrected chi connectivity index (χ4v) is 2.94. The van der Waals surface area contributed by atoms with Crippen LogP contribution in [0.25, 0.3) is 16.6 Å². The Bertz CT molecular complexity index is 1110. The molecular formula is C19H18ClN5O. The molecule has 2 aromatic heterocycles. The highest BCUT2D eigenvalue weighted by Gasteiger charge is 2.17. The standard InChI is InChI=1S/C19H17N5O.ClH/c1-13-17(19(25)24(23(13)2)14-8-4-3-5-9-14)22-18-15-10-6-7-11-16(15)20-12-21-18;/h3-12H,1-2H3,(H,20,21,22);1H. The number of aromatic nitrogens is 4. The van der Waals surface area contributed by atoms with Crippen LogP contribution in [0.3, 0.4) is 0 Å². The Hall–Kier alpha value is -3.12. The summed E-state index contributed by atoms with van der Waals surface area (Å²) >= 11 is 0. The largest absolute Gasteiger partial charge is 0.334 e. The van der Waals surface area contributed by atoms with Gasteiger partial charge in [0.05, 0.1) is 16.9 Å². The number of fused-ring (bicyclic) bond motifs is 1. The molecule has 0 amide bonds. The summed E-state index contributed by atoms with van der Waals surface area (Å²) in [5.74, 6) is 0.622. The maximum Gasteiger partial charge on any atom is 0.295 e. The zero-order chi connectivity index (χ0) is 17.4. The van der Waals surface area contributed by atoms with Gasteiger partial charge in [-0.15, -0.1) is 12.4 Å². The molecule has 0 atom stereocenters. The second-order valence-corrected chi connectivity index (χ2v) is 5.80. The predicted molar refractivity (Wildman–Crippen MR) is 106 cm³/mol. The lowest BCUT2D eigenvalue weighted by atomic mass is 10.2. The van der Waals surface area contributed by atoms with Crippen molar-refractivity contribution in [1.29, 1.82) is 0 Å². The molecule has 26 heavy (non-hydrogen) atoms. The average molecular weight is 368 g/mol. The molecule has 0 saturated heterocycles. The number of para-hydroxylation sites is 2.